The van der Waals surface area contributed by atoms with Crippen molar-refractivity contribution in [2.45, 2.75) is 13.3 Å². The number of benzene rings is 1. The third kappa shape index (κ3) is 5.43. The van der Waals surface area contributed by atoms with Crippen LogP contribution in [0.3, 0.4) is 0 Å². The molecule has 80 valence electrons. The number of halogens is 1. The van der Waals surface area contributed by atoms with Crippen LogP contribution in [-0.2, 0) is 4.52 Å². The zero-order chi connectivity index (χ0) is 9.52. The highest BCUT2D eigenvalue weighted by Gasteiger charge is 1.92. The van der Waals surface area contributed by atoms with Gasteiger partial charge in [0.25, 0.3) is 0 Å². The minimum absolute atomic E-state index is 0. The van der Waals surface area contributed by atoms with Gasteiger partial charge in [-0.2, -0.15) is 0 Å². The molecule has 0 saturated heterocycles. The van der Waals surface area contributed by atoms with Gasteiger partial charge in [0.1, 0.15) is 5.75 Å². The molecule has 0 fully saturated rings. The van der Waals surface area contributed by atoms with E-state index >= 15 is 0 Å². The van der Waals surface area contributed by atoms with Crippen molar-refractivity contribution < 1.29 is 9.26 Å². The minimum Gasteiger partial charge on any atom is -0.493 e. The van der Waals surface area contributed by atoms with E-state index in [0.717, 1.165) is 18.8 Å². The van der Waals surface area contributed by atoms with E-state index in [4.69, 9.17) is 9.26 Å². The molecule has 0 radical (unpaired) electrons. The zero-order valence-electron chi connectivity index (χ0n) is 8.23. The second kappa shape index (κ2) is 8.05. The van der Waals surface area contributed by atoms with Crippen molar-refractivity contribution in [1.29, 1.82) is 0 Å². The van der Waals surface area contributed by atoms with Crippen molar-refractivity contribution in [2.75, 3.05) is 13.2 Å². The molecule has 4 heteroatoms. The third-order valence-corrected chi connectivity index (χ3v) is 1.90. The Morgan fingerprint density at radius 1 is 1.29 bits per heavy atom. The molecule has 1 aromatic rings. The van der Waals surface area contributed by atoms with E-state index in [2.05, 4.69) is 22.5 Å². The number of ether oxygens (including phenoxy) is 1. The Hall–Kier alpha value is -0.300. The standard InChI is InChI=1S/C10H15O2P.ClH/c1-9-4-2-5-10(8-9)11-6-3-7-12-13;/h2,4-5,8H,3,6-7,13H2,1H3;1H. The van der Waals surface area contributed by atoms with Gasteiger partial charge in [-0.1, -0.05) is 12.1 Å². The summed E-state index contributed by atoms with van der Waals surface area (Å²) in [5.41, 5.74) is 1.22. The molecule has 0 aromatic heterocycles. The third-order valence-electron chi connectivity index (χ3n) is 1.66. The average molecular weight is 235 g/mol. The van der Waals surface area contributed by atoms with E-state index < -0.39 is 0 Å². The lowest BCUT2D eigenvalue weighted by molar-refractivity contribution is 0.266. The fraction of sp³-hybridized carbons (Fsp3) is 0.400. The van der Waals surface area contributed by atoms with Crippen LogP contribution in [0.2, 0.25) is 0 Å². The van der Waals surface area contributed by atoms with Crippen LogP contribution in [0, 0.1) is 6.92 Å². The van der Waals surface area contributed by atoms with Crippen molar-refractivity contribution >= 4 is 21.9 Å². The molecule has 14 heavy (non-hydrogen) atoms. The maximum atomic E-state index is 5.50. The fourth-order valence-electron chi connectivity index (χ4n) is 1.04. The summed E-state index contributed by atoms with van der Waals surface area (Å²) in [7, 11) is 2.23. The van der Waals surface area contributed by atoms with Crippen molar-refractivity contribution in [3.05, 3.63) is 29.8 Å². The van der Waals surface area contributed by atoms with Gasteiger partial charge < -0.3 is 9.26 Å². The van der Waals surface area contributed by atoms with Gasteiger partial charge in [0.15, 0.2) is 0 Å². The van der Waals surface area contributed by atoms with E-state index in [1.807, 2.05) is 18.2 Å². The monoisotopic (exact) mass is 234 g/mol. The van der Waals surface area contributed by atoms with Gasteiger partial charge in [-0.15, -0.1) is 12.4 Å². The highest BCUT2D eigenvalue weighted by Crippen LogP contribution is 2.12. The number of hydrogen-bond donors (Lipinski definition) is 0. The van der Waals surface area contributed by atoms with E-state index in [-0.39, 0.29) is 12.4 Å². The predicted octanol–water partition coefficient (Wildman–Crippen LogP) is 2.99. The van der Waals surface area contributed by atoms with Gasteiger partial charge >= 0.3 is 0 Å². The van der Waals surface area contributed by atoms with Gasteiger partial charge in [-0.25, -0.2) is 0 Å². The molecule has 0 N–H and O–H groups in total. The van der Waals surface area contributed by atoms with Crippen LogP contribution >= 0.6 is 21.9 Å². The van der Waals surface area contributed by atoms with Crippen molar-refractivity contribution in [1.82, 2.24) is 0 Å². The van der Waals surface area contributed by atoms with Crippen LogP contribution in [0.1, 0.15) is 12.0 Å². The number of aryl methyl sites for hydroxylation is 1. The van der Waals surface area contributed by atoms with Crippen molar-refractivity contribution in [3.63, 3.8) is 0 Å². The molecule has 0 aliphatic rings. The Bertz CT molecular complexity index is 256. The first-order valence-electron chi connectivity index (χ1n) is 4.34. The maximum Gasteiger partial charge on any atom is 0.119 e. The molecule has 0 bridgehead atoms. The van der Waals surface area contributed by atoms with Crippen LogP contribution in [0.5, 0.6) is 5.75 Å². The largest absolute Gasteiger partial charge is 0.493 e. The summed E-state index contributed by atoms with van der Waals surface area (Å²) < 4.78 is 10.3. The van der Waals surface area contributed by atoms with Crippen LogP contribution in [0.15, 0.2) is 24.3 Å². The minimum atomic E-state index is 0. The summed E-state index contributed by atoms with van der Waals surface area (Å²) in [4.78, 5) is 0. The lowest BCUT2D eigenvalue weighted by Gasteiger charge is -2.05. The summed E-state index contributed by atoms with van der Waals surface area (Å²) in [6, 6.07) is 8.05. The van der Waals surface area contributed by atoms with E-state index in [1.54, 1.807) is 0 Å². The van der Waals surface area contributed by atoms with Crippen LogP contribution in [0.4, 0.5) is 0 Å². The summed E-state index contributed by atoms with van der Waals surface area (Å²) in [5.74, 6) is 0.934. The van der Waals surface area contributed by atoms with Gasteiger partial charge in [0, 0.05) is 15.9 Å². The highest BCUT2D eigenvalue weighted by molar-refractivity contribution is 7.09. The fourth-order valence-corrected chi connectivity index (χ4v) is 1.20. The average Bonchev–Trinajstić information content (AvgIpc) is 2.13. The molecule has 0 amide bonds. The number of rotatable bonds is 5. The van der Waals surface area contributed by atoms with Gasteiger partial charge in [0.2, 0.25) is 0 Å². The van der Waals surface area contributed by atoms with Gasteiger partial charge in [-0.3, -0.25) is 0 Å². The molecule has 0 saturated carbocycles. The molecule has 1 atom stereocenters. The molecule has 0 aliphatic heterocycles. The van der Waals surface area contributed by atoms with E-state index in [0.29, 0.717) is 6.61 Å². The van der Waals surface area contributed by atoms with Crippen molar-refractivity contribution in [3.8, 4) is 5.75 Å². The first-order valence-corrected chi connectivity index (χ1v) is 4.81. The number of hydrogen-bond acceptors (Lipinski definition) is 2. The van der Waals surface area contributed by atoms with Crippen molar-refractivity contribution in [2.24, 2.45) is 0 Å². The summed E-state index contributed by atoms with van der Waals surface area (Å²) >= 11 is 0. The molecule has 1 aromatic carbocycles. The van der Waals surface area contributed by atoms with Crippen LogP contribution in [-0.4, -0.2) is 13.2 Å². The summed E-state index contributed by atoms with van der Waals surface area (Å²) in [6.07, 6.45) is 0.914. The zero-order valence-corrected chi connectivity index (χ0v) is 10.2. The van der Waals surface area contributed by atoms with Crippen LogP contribution in [0.25, 0.3) is 0 Å². The second-order valence-corrected chi connectivity index (χ2v) is 3.22. The van der Waals surface area contributed by atoms with Gasteiger partial charge in [-0.05, 0) is 24.6 Å². The first-order chi connectivity index (χ1) is 6.33. The molecular weight excluding hydrogens is 219 g/mol. The highest BCUT2D eigenvalue weighted by atomic mass is 35.5. The second-order valence-electron chi connectivity index (χ2n) is 2.89. The lowest BCUT2D eigenvalue weighted by Crippen LogP contribution is -1.99. The molecule has 0 heterocycles. The predicted molar refractivity (Wildman–Crippen MR) is 64.2 cm³/mol. The molecule has 0 spiro atoms. The summed E-state index contributed by atoms with van der Waals surface area (Å²) in [5, 5.41) is 0. The molecule has 1 unspecified atom stereocenters. The topological polar surface area (TPSA) is 18.5 Å². The summed E-state index contributed by atoms with van der Waals surface area (Å²) in [6.45, 7) is 3.48. The Morgan fingerprint density at radius 3 is 2.71 bits per heavy atom. The smallest absolute Gasteiger partial charge is 0.119 e. The normalized spacial score (nSPS) is 9.29. The van der Waals surface area contributed by atoms with E-state index in [9.17, 15) is 0 Å². The maximum absolute atomic E-state index is 5.50. The molecule has 2 nitrogen and oxygen atoms in total. The Kier molecular flexibility index (Phi) is 7.87. The Balaban J connectivity index is 0.00000169. The quantitative estimate of drug-likeness (QED) is 0.576. The molecule has 1 rings (SSSR count). The molecule has 0 aliphatic carbocycles. The molecular formula is C10H16ClO2P. The van der Waals surface area contributed by atoms with E-state index in [1.165, 1.54) is 5.56 Å². The SMILES string of the molecule is Cc1cccc(OCCCOP)c1.Cl. The van der Waals surface area contributed by atoms with Gasteiger partial charge in [0.05, 0.1) is 13.2 Å². The first kappa shape index (κ1) is 13.7. The van der Waals surface area contributed by atoms with Crippen LogP contribution < -0.4 is 4.74 Å². The Labute approximate surface area is 93.7 Å². The lowest BCUT2D eigenvalue weighted by atomic mass is 10.2. The Morgan fingerprint density at radius 2 is 2.07 bits per heavy atom.